The number of rotatable bonds is 0. The van der Waals surface area contributed by atoms with Crippen molar-refractivity contribution in [2.45, 2.75) is 6.04 Å². The molecule has 1 aliphatic heterocycles. The SMILES string of the molecule is N#CC1N=Nc2ccc(Br)cc21. The van der Waals surface area contributed by atoms with E-state index in [1.54, 1.807) is 0 Å². The minimum atomic E-state index is -0.419. The molecule has 2 rings (SSSR count). The first-order valence-electron chi connectivity index (χ1n) is 3.41. The van der Waals surface area contributed by atoms with E-state index in [2.05, 4.69) is 32.2 Å². The van der Waals surface area contributed by atoms with Gasteiger partial charge < -0.3 is 0 Å². The molecule has 0 aromatic heterocycles. The van der Waals surface area contributed by atoms with Gasteiger partial charge in [0.2, 0.25) is 0 Å². The Morgan fingerprint density at radius 2 is 2.33 bits per heavy atom. The lowest BCUT2D eigenvalue weighted by Crippen LogP contribution is -1.85. The standard InChI is InChI=1S/C8H4BrN3/c9-5-1-2-7-6(3-5)8(4-10)12-11-7/h1-3,8H. The van der Waals surface area contributed by atoms with Crippen molar-refractivity contribution in [1.82, 2.24) is 0 Å². The quantitative estimate of drug-likeness (QED) is 0.665. The number of benzene rings is 1. The molecule has 0 bridgehead atoms. The second-order valence-electron chi connectivity index (χ2n) is 2.45. The van der Waals surface area contributed by atoms with Gasteiger partial charge in [0.15, 0.2) is 6.04 Å². The lowest BCUT2D eigenvalue weighted by molar-refractivity contribution is 0.912. The fourth-order valence-corrected chi connectivity index (χ4v) is 1.49. The summed E-state index contributed by atoms with van der Waals surface area (Å²) in [5.74, 6) is 0. The van der Waals surface area contributed by atoms with Gasteiger partial charge >= 0.3 is 0 Å². The Morgan fingerprint density at radius 1 is 1.50 bits per heavy atom. The van der Waals surface area contributed by atoms with E-state index in [4.69, 9.17) is 5.26 Å². The molecule has 0 amide bonds. The lowest BCUT2D eigenvalue weighted by Gasteiger charge is -1.97. The van der Waals surface area contributed by atoms with Crippen molar-refractivity contribution in [2.75, 3.05) is 0 Å². The molecule has 58 valence electrons. The maximum absolute atomic E-state index is 8.68. The third kappa shape index (κ3) is 1.03. The van der Waals surface area contributed by atoms with E-state index >= 15 is 0 Å². The molecule has 1 unspecified atom stereocenters. The molecule has 1 heterocycles. The number of hydrogen-bond donors (Lipinski definition) is 0. The monoisotopic (exact) mass is 221 g/mol. The van der Waals surface area contributed by atoms with Gasteiger partial charge in [0.25, 0.3) is 0 Å². The van der Waals surface area contributed by atoms with Crippen LogP contribution in [0.1, 0.15) is 11.6 Å². The first-order valence-corrected chi connectivity index (χ1v) is 4.20. The summed E-state index contributed by atoms with van der Waals surface area (Å²) in [6, 6.07) is 7.26. The minimum absolute atomic E-state index is 0.419. The zero-order valence-corrected chi connectivity index (χ0v) is 7.62. The van der Waals surface area contributed by atoms with Crippen molar-refractivity contribution in [3.05, 3.63) is 28.2 Å². The van der Waals surface area contributed by atoms with E-state index in [1.165, 1.54) is 0 Å². The van der Waals surface area contributed by atoms with E-state index in [0.717, 1.165) is 15.7 Å². The molecule has 0 spiro atoms. The molecule has 1 aromatic rings. The number of halogens is 1. The first kappa shape index (κ1) is 7.44. The van der Waals surface area contributed by atoms with E-state index < -0.39 is 6.04 Å². The molecule has 4 heteroatoms. The summed E-state index contributed by atoms with van der Waals surface area (Å²) in [5, 5.41) is 16.4. The number of fused-ring (bicyclic) bond motifs is 1. The largest absolute Gasteiger partial charge is 0.195 e. The third-order valence-corrected chi connectivity index (χ3v) is 2.18. The van der Waals surface area contributed by atoms with Crippen LogP contribution in [0.25, 0.3) is 0 Å². The zero-order chi connectivity index (χ0) is 8.55. The summed E-state index contributed by atoms with van der Waals surface area (Å²) >= 11 is 3.33. The van der Waals surface area contributed by atoms with Crippen LogP contribution in [-0.2, 0) is 0 Å². The van der Waals surface area contributed by atoms with Crippen LogP contribution < -0.4 is 0 Å². The highest BCUT2D eigenvalue weighted by Crippen LogP contribution is 2.36. The molecule has 0 N–H and O–H groups in total. The maximum atomic E-state index is 8.68. The van der Waals surface area contributed by atoms with Crippen LogP contribution in [0.2, 0.25) is 0 Å². The summed E-state index contributed by atoms with van der Waals surface area (Å²) in [7, 11) is 0. The molecule has 0 aliphatic carbocycles. The summed E-state index contributed by atoms with van der Waals surface area (Å²) in [6.07, 6.45) is 0. The van der Waals surface area contributed by atoms with Gasteiger partial charge in [0, 0.05) is 10.0 Å². The average Bonchev–Trinajstić information content (AvgIpc) is 2.46. The van der Waals surface area contributed by atoms with Crippen molar-refractivity contribution >= 4 is 21.6 Å². The Morgan fingerprint density at radius 3 is 3.08 bits per heavy atom. The van der Waals surface area contributed by atoms with Crippen LogP contribution in [0.4, 0.5) is 5.69 Å². The molecule has 0 saturated heterocycles. The molecule has 3 nitrogen and oxygen atoms in total. The van der Waals surface area contributed by atoms with Gasteiger partial charge in [-0.25, -0.2) is 0 Å². The topological polar surface area (TPSA) is 48.5 Å². The summed E-state index contributed by atoms with van der Waals surface area (Å²) in [4.78, 5) is 0. The van der Waals surface area contributed by atoms with Gasteiger partial charge in [-0.05, 0) is 18.2 Å². The van der Waals surface area contributed by atoms with Gasteiger partial charge in [-0.2, -0.15) is 15.5 Å². The van der Waals surface area contributed by atoms with Crippen LogP contribution in [0.15, 0.2) is 32.9 Å². The van der Waals surface area contributed by atoms with E-state index in [9.17, 15) is 0 Å². The number of nitrogens with zero attached hydrogens (tertiary/aromatic N) is 3. The molecule has 0 saturated carbocycles. The van der Waals surface area contributed by atoms with E-state index in [-0.39, 0.29) is 0 Å². The van der Waals surface area contributed by atoms with Crippen LogP contribution in [0.5, 0.6) is 0 Å². The van der Waals surface area contributed by atoms with Gasteiger partial charge in [0.1, 0.15) is 0 Å². The van der Waals surface area contributed by atoms with Crippen LogP contribution in [0.3, 0.4) is 0 Å². The normalized spacial score (nSPS) is 18.8. The van der Waals surface area contributed by atoms with Crippen molar-refractivity contribution in [3.63, 3.8) is 0 Å². The Labute approximate surface area is 77.9 Å². The number of nitriles is 1. The Hall–Kier alpha value is -1.21. The molecule has 0 radical (unpaired) electrons. The van der Waals surface area contributed by atoms with Gasteiger partial charge in [-0.15, -0.1) is 0 Å². The lowest BCUT2D eigenvalue weighted by atomic mass is 10.1. The predicted octanol–water partition coefficient (Wildman–Crippen LogP) is 3.11. The van der Waals surface area contributed by atoms with Gasteiger partial charge in [0.05, 0.1) is 11.8 Å². The Balaban J connectivity index is 2.57. The van der Waals surface area contributed by atoms with Crippen molar-refractivity contribution < 1.29 is 0 Å². The van der Waals surface area contributed by atoms with Crippen LogP contribution in [0, 0.1) is 11.3 Å². The highest BCUT2D eigenvalue weighted by atomic mass is 79.9. The third-order valence-electron chi connectivity index (χ3n) is 1.69. The smallest absolute Gasteiger partial charge is 0.184 e. The molecule has 1 aromatic carbocycles. The second kappa shape index (κ2) is 2.68. The molecular weight excluding hydrogens is 218 g/mol. The molecule has 1 aliphatic rings. The van der Waals surface area contributed by atoms with Crippen molar-refractivity contribution in [1.29, 1.82) is 5.26 Å². The summed E-state index contributed by atoms with van der Waals surface area (Å²) < 4.78 is 0.953. The van der Waals surface area contributed by atoms with Gasteiger partial charge in [-0.3, -0.25) is 0 Å². The molecule has 1 atom stereocenters. The van der Waals surface area contributed by atoms with E-state index in [1.807, 2.05) is 18.2 Å². The second-order valence-corrected chi connectivity index (χ2v) is 3.37. The average molecular weight is 222 g/mol. The summed E-state index contributed by atoms with van der Waals surface area (Å²) in [6.45, 7) is 0. The Kier molecular flexibility index (Phi) is 1.66. The van der Waals surface area contributed by atoms with Crippen molar-refractivity contribution in [2.24, 2.45) is 10.2 Å². The fraction of sp³-hybridized carbons (Fsp3) is 0.125. The van der Waals surface area contributed by atoms with Crippen LogP contribution >= 0.6 is 15.9 Å². The highest BCUT2D eigenvalue weighted by molar-refractivity contribution is 9.10. The Bertz CT molecular complexity index is 392. The predicted molar refractivity (Wildman–Crippen MR) is 47.0 cm³/mol. The van der Waals surface area contributed by atoms with Crippen LogP contribution in [-0.4, -0.2) is 0 Å². The number of azo groups is 1. The molecule has 12 heavy (non-hydrogen) atoms. The maximum Gasteiger partial charge on any atom is 0.184 e. The first-order chi connectivity index (χ1) is 5.81. The molecular formula is C8H4BrN3. The highest BCUT2D eigenvalue weighted by Gasteiger charge is 2.19. The number of hydrogen-bond acceptors (Lipinski definition) is 3. The van der Waals surface area contributed by atoms with Gasteiger partial charge in [-0.1, -0.05) is 15.9 Å². The van der Waals surface area contributed by atoms with Crippen molar-refractivity contribution in [3.8, 4) is 6.07 Å². The summed E-state index contributed by atoms with van der Waals surface area (Å²) in [5.41, 5.74) is 1.68. The zero-order valence-electron chi connectivity index (χ0n) is 6.03. The molecule has 0 fully saturated rings. The fourth-order valence-electron chi connectivity index (χ4n) is 1.11. The van der Waals surface area contributed by atoms with E-state index in [0.29, 0.717) is 0 Å². The minimum Gasteiger partial charge on any atom is -0.195 e.